The molecule has 0 spiro atoms. The molecule has 2 aromatic rings. The Morgan fingerprint density at radius 2 is 1.77 bits per heavy atom. The van der Waals surface area contributed by atoms with Crippen molar-refractivity contribution in [2.24, 2.45) is 0 Å². The molecule has 136 valence electrons. The fourth-order valence-electron chi connectivity index (χ4n) is 2.51. The van der Waals surface area contributed by atoms with E-state index in [4.69, 9.17) is 18.9 Å². The smallest absolute Gasteiger partial charge is 0.310 e. The Bertz CT molecular complexity index is 787. The average Bonchev–Trinajstić information content (AvgIpc) is 3.20. The molecule has 1 fully saturated rings. The van der Waals surface area contributed by atoms with E-state index >= 15 is 0 Å². The van der Waals surface area contributed by atoms with Gasteiger partial charge in [-0.3, -0.25) is 14.9 Å². The van der Waals surface area contributed by atoms with E-state index in [9.17, 15) is 14.9 Å². The predicted molar refractivity (Wildman–Crippen MR) is 90.6 cm³/mol. The maximum atomic E-state index is 11.2. The Morgan fingerprint density at radius 1 is 1.08 bits per heavy atom. The number of nitro benzene ring substituents is 1. The standard InChI is InChI=1S/C18H17NO7/c20-12-14-3-1-2-4-16(14)23-7-8-24-17-11-13(18-25-9-10-26-18)5-6-15(17)19(21)22/h1-6,11-12,18H,7-10H2. The normalized spacial score (nSPS) is 14.2. The summed E-state index contributed by atoms with van der Waals surface area (Å²) in [5, 5.41) is 11.2. The van der Waals surface area contributed by atoms with Crippen LogP contribution in [0.1, 0.15) is 22.2 Å². The van der Waals surface area contributed by atoms with Crippen LogP contribution in [0, 0.1) is 10.1 Å². The van der Waals surface area contributed by atoms with E-state index in [0.29, 0.717) is 36.4 Å². The van der Waals surface area contributed by atoms with Crippen molar-refractivity contribution in [2.75, 3.05) is 26.4 Å². The van der Waals surface area contributed by atoms with Gasteiger partial charge in [-0.25, -0.2) is 0 Å². The number of hydrogen-bond donors (Lipinski definition) is 0. The molecule has 0 bridgehead atoms. The number of benzene rings is 2. The van der Waals surface area contributed by atoms with Gasteiger partial charge in [0, 0.05) is 11.6 Å². The summed E-state index contributed by atoms with van der Waals surface area (Å²) in [5.41, 5.74) is 0.923. The van der Waals surface area contributed by atoms with Gasteiger partial charge in [-0.1, -0.05) is 12.1 Å². The second-order valence-electron chi connectivity index (χ2n) is 5.41. The van der Waals surface area contributed by atoms with E-state index < -0.39 is 11.2 Å². The number of para-hydroxylation sites is 1. The summed E-state index contributed by atoms with van der Waals surface area (Å²) < 4.78 is 21.8. The lowest BCUT2D eigenvalue weighted by Crippen LogP contribution is -2.11. The van der Waals surface area contributed by atoms with Crippen LogP contribution in [0.25, 0.3) is 0 Å². The van der Waals surface area contributed by atoms with Crippen molar-refractivity contribution in [3.8, 4) is 11.5 Å². The molecule has 0 N–H and O–H groups in total. The van der Waals surface area contributed by atoms with Crippen LogP contribution in [-0.4, -0.2) is 37.6 Å². The van der Waals surface area contributed by atoms with Gasteiger partial charge in [0.1, 0.15) is 19.0 Å². The number of rotatable bonds is 8. The molecule has 1 heterocycles. The van der Waals surface area contributed by atoms with E-state index in [0.717, 1.165) is 0 Å². The van der Waals surface area contributed by atoms with Gasteiger partial charge in [0.2, 0.25) is 0 Å². The first-order valence-corrected chi connectivity index (χ1v) is 8.00. The van der Waals surface area contributed by atoms with Gasteiger partial charge in [-0.2, -0.15) is 0 Å². The second kappa shape index (κ2) is 8.41. The molecule has 0 amide bonds. The lowest BCUT2D eigenvalue weighted by Gasteiger charge is -2.13. The van der Waals surface area contributed by atoms with Crippen molar-refractivity contribution in [2.45, 2.75) is 6.29 Å². The van der Waals surface area contributed by atoms with Crippen LogP contribution >= 0.6 is 0 Å². The Morgan fingerprint density at radius 3 is 2.46 bits per heavy atom. The number of carbonyl (C=O) groups excluding carboxylic acids is 1. The molecule has 0 atom stereocenters. The van der Waals surface area contributed by atoms with Crippen LogP contribution in [0.3, 0.4) is 0 Å². The highest BCUT2D eigenvalue weighted by atomic mass is 16.7. The van der Waals surface area contributed by atoms with E-state index in [2.05, 4.69) is 0 Å². The molecule has 0 unspecified atom stereocenters. The summed E-state index contributed by atoms with van der Waals surface area (Å²) in [6.45, 7) is 1.15. The summed E-state index contributed by atoms with van der Waals surface area (Å²) in [6.07, 6.45) is 0.153. The Labute approximate surface area is 149 Å². The molecule has 1 aliphatic rings. The zero-order valence-corrected chi connectivity index (χ0v) is 13.8. The number of ether oxygens (including phenoxy) is 4. The SMILES string of the molecule is O=Cc1ccccc1OCCOc1cc(C2OCCO2)ccc1[N+](=O)[O-]. The molecule has 8 heteroatoms. The summed E-state index contributed by atoms with van der Waals surface area (Å²) in [7, 11) is 0. The van der Waals surface area contributed by atoms with E-state index in [1.54, 1.807) is 30.3 Å². The highest BCUT2D eigenvalue weighted by Crippen LogP contribution is 2.33. The van der Waals surface area contributed by atoms with Gasteiger partial charge >= 0.3 is 5.69 Å². The molecule has 26 heavy (non-hydrogen) atoms. The summed E-state index contributed by atoms with van der Waals surface area (Å²) in [4.78, 5) is 21.6. The topological polar surface area (TPSA) is 97.1 Å². The van der Waals surface area contributed by atoms with Crippen LogP contribution in [0.4, 0.5) is 5.69 Å². The van der Waals surface area contributed by atoms with Crippen molar-refractivity contribution in [1.82, 2.24) is 0 Å². The molecule has 0 aliphatic carbocycles. The summed E-state index contributed by atoms with van der Waals surface area (Å²) in [6, 6.07) is 11.3. The first-order valence-electron chi connectivity index (χ1n) is 8.00. The highest BCUT2D eigenvalue weighted by Gasteiger charge is 2.23. The van der Waals surface area contributed by atoms with E-state index in [-0.39, 0.29) is 24.7 Å². The molecule has 2 aromatic carbocycles. The Kier molecular flexibility index (Phi) is 5.77. The Hall–Kier alpha value is -2.97. The zero-order valence-electron chi connectivity index (χ0n) is 13.8. The number of nitrogens with zero attached hydrogens (tertiary/aromatic N) is 1. The van der Waals surface area contributed by atoms with Gasteiger partial charge in [-0.15, -0.1) is 0 Å². The molecule has 0 aromatic heterocycles. The van der Waals surface area contributed by atoms with Crippen LogP contribution < -0.4 is 9.47 Å². The molecular weight excluding hydrogens is 342 g/mol. The third-order valence-electron chi connectivity index (χ3n) is 3.72. The van der Waals surface area contributed by atoms with Crippen molar-refractivity contribution in [3.05, 3.63) is 63.7 Å². The first-order chi connectivity index (χ1) is 12.7. The number of carbonyl (C=O) groups is 1. The van der Waals surface area contributed by atoms with Crippen molar-refractivity contribution < 1.29 is 28.7 Å². The van der Waals surface area contributed by atoms with Crippen molar-refractivity contribution >= 4 is 12.0 Å². The Balaban J connectivity index is 1.65. The third kappa shape index (κ3) is 4.16. The third-order valence-corrected chi connectivity index (χ3v) is 3.72. The highest BCUT2D eigenvalue weighted by molar-refractivity contribution is 5.79. The monoisotopic (exact) mass is 359 g/mol. The quantitative estimate of drug-likeness (QED) is 0.309. The van der Waals surface area contributed by atoms with Gasteiger partial charge < -0.3 is 18.9 Å². The van der Waals surface area contributed by atoms with Gasteiger partial charge in [-0.05, 0) is 24.3 Å². The van der Waals surface area contributed by atoms with E-state index in [1.165, 1.54) is 12.1 Å². The van der Waals surface area contributed by atoms with Crippen molar-refractivity contribution in [1.29, 1.82) is 0 Å². The fraction of sp³-hybridized carbons (Fsp3) is 0.278. The summed E-state index contributed by atoms with van der Waals surface area (Å²) in [5.74, 6) is 0.543. The average molecular weight is 359 g/mol. The molecule has 0 saturated carbocycles. The van der Waals surface area contributed by atoms with Crippen LogP contribution in [0.5, 0.6) is 11.5 Å². The fourth-order valence-corrected chi connectivity index (χ4v) is 2.51. The van der Waals surface area contributed by atoms with Gasteiger partial charge in [0.25, 0.3) is 0 Å². The van der Waals surface area contributed by atoms with Gasteiger partial charge in [0.15, 0.2) is 18.3 Å². The number of aldehydes is 1. The second-order valence-corrected chi connectivity index (χ2v) is 5.41. The molecule has 1 aliphatic heterocycles. The predicted octanol–water partition coefficient (Wildman–Crippen LogP) is 2.91. The van der Waals surface area contributed by atoms with Crippen LogP contribution in [-0.2, 0) is 9.47 Å². The zero-order chi connectivity index (χ0) is 18.4. The number of nitro groups is 1. The lowest BCUT2D eigenvalue weighted by molar-refractivity contribution is -0.385. The maximum Gasteiger partial charge on any atom is 0.310 e. The number of hydrogen-bond acceptors (Lipinski definition) is 7. The van der Waals surface area contributed by atoms with E-state index in [1.807, 2.05) is 0 Å². The molecular formula is C18H17NO7. The molecule has 1 saturated heterocycles. The lowest BCUT2D eigenvalue weighted by atomic mass is 10.2. The molecule has 0 radical (unpaired) electrons. The minimum atomic E-state index is -0.547. The first kappa shape index (κ1) is 17.8. The molecule has 8 nitrogen and oxygen atoms in total. The maximum absolute atomic E-state index is 11.2. The van der Waals surface area contributed by atoms with Crippen LogP contribution in [0.2, 0.25) is 0 Å². The van der Waals surface area contributed by atoms with Crippen molar-refractivity contribution in [3.63, 3.8) is 0 Å². The minimum absolute atomic E-state index is 0.0733. The van der Waals surface area contributed by atoms with Crippen LogP contribution in [0.15, 0.2) is 42.5 Å². The largest absolute Gasteiger partial charge is 0.489 e. The molecule has 3 rings (SSSR count). The summed E-state index contributed by atoms with van der Waals surface area (Å²) >= 11 is 0. The van der Waals surface area contributed by atoms with Gasteiger partial charge in [0.05, 0.1) is 23.7 Å². The minimum Gasteiger partial charge on any atom is -0.489 e.